The normalized spacial score (nSPS) is 13.1. The van der Waals surface area contributed by atoms with E-state index in [9.17, 15) is 15.2 Å². The van der Waals surface area contributed by atoms with E-state index in [1.807, 2.05) is 30.3 Å². The zero-order valence-electron chi connectivity index (χ0n) is 14.5. The van der Waals surface area contributed by atoms with Crippen molar-refractivity contribution in [3.8, 4) is 23.3 Å². The van der Waals surface area contributed by atoms with Crippen molar-refractivity contribution in [3.05, 3.63) is 53.1 Å². The molecular formula is C20H18N2O4. The molecule has 6 nitrogen and oxygen atoms in total. The van der Waals surface area contributed by atoms with Gasteiger partial charge in [0.2, 0.25) is 5.75 Å². The Hall–Kier alpha value is -3.46. The molecule has 0 radical (unpaired) electrons. The number of benzene rings is 2. The molecule has 0 aliphatic carbocycles. The Morgan fingerprint density at radius 3 is 2.50 bits per heavy atom. The van der Waals surface area contributed by atoms with E-state index < -0.39 is 0 Å². The number of fused-ring (bicyclic) bond motifs is 1. The largest absolute Gasteiger partial charge is 0.502 e. The third-order valence-electron chi connectivity index (χ3n) is 4.30. The number of carbonyl (C=O) groups is 1. The first kappa shape index (κ1) is 17.4. The highest BCUT2D eigenvalue weighted by Crippen LogP contribution is 2.38. The van der Waals surface area contributed by atoms with Gasteiger partial charge in [-0.2, -0.15) is 5.26 Å². The lowest BCUT2D eigenvalue weighted by Gasteiger charge is -2.16. The van der Waals surface area contributed by atoms with Gasteiger partial charge >= 0.3 is 0 Å². The fraction of sp³-hybridized carbons (Fsp3) is 0.200. The van der Waals surface area contributed by atoms with Crippen LogP contribution in [0.5, 0.6) is 17.2 Å². The summed E-state index contributed by atoms with van der Waals surface area (Å²) in [5, 5.41) is 19.5. The fourth-order valence-electron chi connectivity index (χ4n) is 3.00. The maximum Gasteiger partial charge on any atom is 0.268 e. The Bertz CT molecular complexity index is 903. The van der Waals surface area contributed by atoms with Crippen LogP contribution in [0, 0.1) is 11.3 Å². The van der Waals surface area contributed by atoms with E-state index in [1.165, 1.54) is 20.3 Å². The molecule has 0 aromatic heterocycles. The summed E-state index contributed by atoms with van der Waals surface area (Å²) < 4.78 is 10.2. The summed E-state index contributed by atoms with van der Waals surface area (Å²) in [5.41, 5.74) is 2.44. The van der Waals surface area contributed by atoms with Crippen molar-refractivity contribution in [2.45, 2.75) is 6.42 Å². The van der Waals surface area contributed by atoms with Crippen LogP contribution in [0.4, 0.5) is 5.69 Å². The number of hydrogen-bond acceptors (Lipinski definition) is 5. The number of nitrogens with zero attached hydrogens (tertiary/aromatic N) is 2. The van der Waals surface area contributed by atoms with Gasteiger partial charge in [-0.25, -0.2) is 0 Å². The molecule has 0 saturated heterocycles. The van der Waals surface area contributed by atoms with Gasteiger partial charge < -0.3 is 19.5 Å². The second-order valence-electron chi connectivity index (χ2n) is 5.78. The van der Waals surface area contributed by atoms with Crippen molar-refractivity contribution in [1.82, 2.24) is 0 Å². The first-order chi connectivity index (χ1) is 12.6. The molecule has 1 N–H and O–H groups in total. The third kappa shape index (κ3) is 3.07. The van der Waals surface area contributed by atoms with Crippen LogP contribution in [0.2, 0.25) is 0 Å². The summed E-state index contributed by atoms with van der Waals surface area (Å²) in [6.45, 7) is 0.541. The minimum Gasteiger partial charge on any atom is -0.502 e. The number of methoxy groups -OCH3 is 2. The number of ether oxygens (including phenoxy) is 2. The highest BCUT2D eigenvalue weighted by Gasteiger charge is 2.26. The van der Waals surface area contributed by atoms with Crippen molar-refractivity contribution in [2.24, 2.45) is 0 Å². The average molecular weight is 350 g/mol. The van der Waals surface area contributed by atoms with Gasteiger partial charge in [0.25, 0.3) is 5.91 Å². The molecule has 0 saturated carbocycles. The SMILES string of the molecule is COc1cc(C=C(C#N)C(=O)N2CCc3ccccc32)cc(OC)c1O. The molecule has 2 aromatic carbocycles. The third-order valence-corrected chi connectivity index (χ3v) is 4.30. The number of rotatable bonds is 4. The summed E-state index contributed by atoms with van der Waals surface area (Å²) in [6, 6.07) is 12.7. The van der Waals surface area contributed by atoms with E-state index >= 15 is 0 Å². The van der Waals surface area contributed by atoms with Crippen LogP contribution < -0.4 is 14.4 Å². The molecule has 0 fully saturated rings. The molecule has 1 heterocycles. The lowest BCUT2D eigenvalue weighted by Crippen LogP contribution is -2.29. The quantitative estimate of drug-likeness (QED) is 0.677. The number of phenols is 1. The van der Waals surface area contributed by atoms with Gasteiger partial charge in [-0.15, -0.1) is 0 Å². The van der Waals surface area contributed by atoms with Gasteiger partial charge in [-0.05, 0) is 41.8 Å². The number of phenolic OH excluding ortho intramolecular Hbond substituents is 1. The van der Waals surface area contributed by atoms with Crippen molar-refractivity contribution in [2.75, 3.05) is 25.7 Å². The van der Waals surface area contributed by atoms with Gasteiger partial charge in [0.15, 0.2) is 11.5 Å². The van der Waals surface area contributed by atoms with Crippen LogP contribution in [-0.2, 0) is 11.2 Å². The fourth-order valence-corrected chi connectivity index (χ4v) is 3.00. The Morgan fingerprint density at radius 2 is 1.88 bits per heavy atom. The summed E-state index contributed by atoms with van der Waals surface area (Å²) in [6.07, 6.45) is 2.23. The van der Waals surface area contributed by atoms with Crippen LogP contribution in [0.3, 0.4) is 0 Å². The van der Waals surface area contributed by atoms with E-state index in [0.717, 1.165) is 17.7 Å². The molecule has 0 spiro atoms. The zero-order valence-corrected chi connectivity index (χ0v) is 14.5. The van der Waals surface area contributed by atoms with Crippen LogP contribution in [0.15, 0.2) is 42.0 Å². The molecule has 2 aromatic rings. The second-order valence-corrected chi connectivity index (χ2v) is 5.78. The lowest BCUT2D eigenvalue weighted by molar-refractivity contribution is -0.114. The van der Waals surface area contributed by atoms with Crippen molar-refractivity contribution in [1.29, 1.82) is 5.26 Å². The van der Waals surface area contributed by atoms with Crippen LogP contribution in [0.1, 0.15) is 11.1 Å². The molecule has 6 heteroatoms. The molecule has 26 heavy (non-hydrogen) atoms. The highest BCUT2D eigenvalue weighted by atomic mass is 16.5. The predicted octanol–water partition coefficient (Wildman–Crippen LogP) is 2.91. The Labute approximate surface area is 151 Å². The Morgan fingerprint density at radius 1 is 1.23 bits per heavy atom. The summed E-state index contributed by atoms with van der Waals surface area (Å²) >= 11 is 0. The highest BCUT2D eigenvalue weighted by molar-refractivity contribution is 6.12. The molecule has 3 rings (SSSR count). The predicted molar refractivity (Wildman–Crippen MR) is 97.3 cm³/mol. The molecule has 0 atom stereocenters. The number of nitriles is 1. The molecule has 132 valence electrons. The number of aromatic hydroxyl groups is 1. The zero-order chi connectivity index (χ0) is 18.7. The van der Waals surface area contributed by atoms with Gasteiger partial charge in [0, 0.05) is 12.2 Å². The van der Waals surface area contributed by atoms with E-state index in [-0.39, 0.29) is 28.7 Å². The molecule has 1 aliphatic heterocycles. The molecular weight excluding hydrogens is 332 g/mol. The van der Waals surface area contributed by atoms with Gasteiger partial charge in [0.1, 0.15) is 11.6 Å². The molecule has 0 bridgehead atoms. The van der Waals surface area contributed by atoms with E-state index in [0.29, 0.717) is 12.1 Å². The van der Waals surface area contributed by atoms with Crippen LogP contribution >= 0.6 is 0 Å². The van der Waals surface area contributed by atoms with Crippen molar-refractivity contribution < 1.29 is 19.4 Å². The average Bonchev–Trinajstić information content (AvgIpc) is 3.10. The van der Waals surface area contributed by atoms with E-state index in [2.05, 4.69) is 0 Å². The van der Waals surface area contributed by atoms with E-state index in [4.69, 9.17) is 9.47 Å². The lowest BCUT2D eigenvalue weighted by atomic mass is 10.1. The summed E-state index contributed by atoms with van der Waals surface area (Å²) in [5.74, 6) is -0.0902. The van der Waals surface area contributed by atoms with Crippen molar-refractivity contribution in [3.63, 3.8) is 0 Å². The van der Waals surface area contributed by atoms with Gasteiger partial charge in [0.05, 0.1) is 14.2 Å². The maximum absolute atomic E-state index is 12.8. The monoisotopic (exact) mass is 350 g/mol. The minimum atomic E-state index is -0.358. The number of para-hydroxylation sites is 1. The van der Waals surface area contributed by atoms with E-state index in [1.54, 1.807) is 17.0 Å². The first-order valence-corrected chi connectivity index (χ1v) is 8.05. The number of carbonyl (C=O) groups excluding carboxylic acids is 1. The van der Waals surface area contributed by atoms with Crippen LogP contribution in [0.25, 0.3) is 6.08 Å². The summed E-state index contributed by atoms with van der Waals surface area (Å²) in [7, 11) is 2.83. The number of amides is 1. The van der Waals surface area contributed by atoms with Gasteiger partial charge in [-0.3, -0.25) is 4.79 Å². The van der Waals surface area contributed by atoms with Crippen molar-refractivity contribution >= 4 is 17.7 Å². The maximum atomic E-state index is 12.8. The second kappa shape index (κ2) is 7.19. The number of anilines is 1. The topological polar surface area (TPSA) is 82.8 Å². The molecule has 1 amide bonds. The minimum absolute atomic E-state index is 0.00324. The smallest absolute Gasteiger partial charge is 0.268 e. The van der Waals surface area contributed by atoms with Crippen LogP contribution in [-0.4, -0.2) is 31.8 Å². The Balaban J connectivity index is 1.97. The molecule has 0 unspecified atom stereocenters. The first-order valence-electron chi connectivity index (χ1n) is 8.05. The number of hydrogen-bond donors (Lipinski definition) is 1. The summed E-state index contributed by atoms with van der Waals surface area (Å²) in [4.78, 5) is 14.5. The van der Waals surface area contributed by atoms with Gasteiger partial charge in [-0.1, -0.05) is 18.2 Å². The molecule has 1 aliphatic rings. The Kier molecular flexibility index (Phi) is 4.81. The standard InChI is InChI=1S/C20H18N2O4/c1-25-17-10-13(11-18(26-2)19(17)23)9-15(12-21)20(24)22-8-7-14-5-3-4-6-16(14)22/h3-6,9-11,23H,7-8H2,1-2H3.